The van der Waals surface area contributed by atoms with E-state index in [-0.39, 0.29) is 12.1 Å². The monoisotopic (exact) mass is 321 g/mol. The topological polar surface area (TPSA) is 102 Å². The Morgan fingerprint density at radius 1 is 1.48 bits per heavy atom. The van der Waals surface area contributed by atoms with Crippen molar-refractivity contribution in [2.45, 2.75) is 39.3 Å². The molecular formula is C16H25N4O3+. The lowest BCUT2D eigenvalue weighted by Gasteiger charge is -2.40. The highest BCUT2D eigenvalue weighted by Crippen LogP contribution is 2.24. The summed E-state index contributed by atoms with van der Waals surface area (Å²) in [7, 11) is 0. The van der Waals surface area contributed by atoms with Gasteiger partial charge in [0.15, 0.2) is 5.69 Å². The van der Waals surface area contributed by atoms with Crippen molar-refractivity contribution in [1.29, 1.82) is 5.41 Å². The molecule has 1 aromatic carbocycles. The molecule has 1 heterocycles. The number of quaternary nitrogens is 1. The van der Waals surface area contributed by atoms with Gasteiger partial charge in [-0.15, -0.1) is 0 Å². The van der Waals surface area contributed by atoms with Gasteiger partial charge in [0.2, 0.25) is 0 Å². The minimum atomic E-state index is -0.494. The van der Waals surface area contributed by atoms with Crippen molar-refractivity contribution in [3.63, 3.8) is 0 Å². The Balaban J connectivity index is 1.98. The number of rotatable bonds is 4. The largest absolute Gasteiger partial charge is 0.444 e. The van der Waals surface area contributed by atoms with Gasteiger partial charge < -0.3 is 20.4 Å². The Morgan fingerprint density at radius 2 is 2.13 bits per heavy atom. The summed E-state index contributed by atoms with van der Waals surface area (Å²) >= 11 is 0. The van der Waals surface area contributed by atoms with Crippen LogP contribution in [0.5, 0.6) is 0 Å². The van der Waals surface area contributed by atoms with Crippen LogP contribution in [0.4, 0.5) is 16.2 Å². The van der Waals surface area contributed by atoms with Gasteiger partial charge in [-0.25, -0.2) is 10.0 Å². The molecule has 0 bridgehead atoms. The maximum atomic E-state index is 11.9. The molecule has 23 heavy (non-hydrogen) atoms. The Bertz CT molecular complexity index is 604. The van der Waals surface area contributed by atoms with E-state index < -0.39 is 5.60 Å². The van der Waals surface area contributed by atoms with Gasteiger partial charge in [0, 0.05) is 42.2 Å². The number of carbonyl (C=O) groups excluding carboxylic acids is 1. The van der Waals surface area contributed by atoms with Crippen molar-refractivity contribution >= 4 is 23.7 Å². The van der Waals surface area contributed by atoms with Crippen molar-refractivity contribution in [1.82, 2.24) is 4.90 Å². The van der Waals surface area contributed by atoms with Crippen LogP contribution in [0.25, 0.3) is 0 Å². The van der Waals surface area contributed by atoms with E-state index in [1.807, 2.05) is 39.8 Å². The smallest absolute Gasteiger partial charge is 0.410 e. The van der Waals surface area contributed by atoms with E-state index >= 15 is 0 Å². The van der Waals surface area contributed by atoms with Gasteiger partial charge in [0.25, 0.3) is 0 Å². The van der Waals surface area contributed by atoms with Crippen LogP contribution >= 0.6 is 0 Å². The highest BCUT2D eigenvalue weighted by Gasteiger charge is 2.34. The first-order chi connectivity index (χ1) is 10.7. The summed E-state index contributed by atoms with van der Waals surface area (Å²) in [5.74, 6) is 0. The van der Waals surface area contributed by atoms with Crippen LogP contribution < -0.4 is 10.8 Å². The SMILES string of the molecule is Cc1cc(C=N)c(NC2CN(C(=O)OC(C)(C)C)C2)cc1[NH2+]O. The van der Waals surface area contributed by atoms with Crippen LogP contribution in [0, 0.1) is 12.3 Å². The molecule has 0 aliphatic carbocycles. The predicted octanol–water partition coefficient (Wildman–Crippen LogP) is 1.61. The second-order valence-electron chi connectivity index (χ2n) is 6.80. The molecule has 0 atom stereocenters. The summed E-state index contributed by atoms with van der Waals surface area (Å²) in [6, 6.07) is 3.77. The molecule has 1 amide bonds. The van der Waals surface area contributed by atoms with E-state index in [1.54, 1.807) is 4.90 Å². The number of nitrogens with two attached hydrogens (primary N) is 1. The predicted molar refractivity (Wildman–Crippen MR) is 87.7 cm³/mol. The van der Waals surface area contributed by atoms with Crippen LogP contribution in [0.3, 0.4) is 0 Å². The highest BCUT2D eigenvalue weighted by molar-refractivity contribution is 5.87. The summed E-state index contributed by atoms with van der Waals surface area (Å²) in [4.78, 5) is 13.5. The number of hydrogen-bond donors (Lipinski definition) is 4. The normalized spacial score (nSPS) is 15.1. The zero-order chi connectivity index (χ0) is 17.2. The summed E-state index contributed by atoms with van der Waals surface area (Å²) < 4.78 is 5.32. The van der Waals surface area contributed by atoms with E-state index in [4.69, 9.17) is 10.1 Å². The number of nitrogens with one attached hydrogen (secondary N) is 2. The molecule has 0 unspecified atom stereocenters. The fraction of sp³-hybridized carbons (Fsp3) is 0.500. The van der Waals surface area contributed by atoms with Crippen molar-refractivity contribution in [2.24, 2.45) is 0 Å². The van der Waals surface area contributed by atoms with Gasteiger partial charge in [0.05, 0.1) is 6.04 Å². The van der Waals surface area contributed by atoms with Crippen LogP contribution in [-0.4, -0.2) is 47.1 Å². The molecule has 5 N–H and O–H groups in total. The quantitative estimate of drug-likeness (QED) is 0.384. The van der Waals surface area contributed by atoms with Gasteiger partial charge in [-0.3, -0.25) is 0 Å². The lowest BCUT2D eigenvalue weighted by molar-refractivity contribution is -0.826. The van der Waals surface area contributed by atoms with Crippen LogP contribution in [0.1, 0.15) is 31.9 Å². The van der Waals surface area contributed by atoms with E-state index in [9.17, 15) is 10.0 Å². The molecule has 0 spiro atoms. The number of likely N-dealkylation sites (tertiary alicyclic amines) is 1. The lowest BCUT2D eigenvalue weighted by atomic mass is 10.0. The molecule has 7 nitrogen and oxygen atoms in total. The summed E-state index contributed by atoms with van der Waals surface area (Å²) in [5.41, 5.74) is 3.71. The van der Waals surface area contributed by atoms with Gasteiger partial charge in [-0.2, -0.15) is 5.48 Å². The maximum absolute atomic E-state index is 11.9. The zero-order valence-corrected chi connectivity index (χ0v) is 14.0. The fourth-order valence-corrected chi connectivity index (χ4v) is 2.40. The van der Waals surface area contributed by atoms with Gasteiger partial charge >= 0.3 is 6.09 Å². The van der Waals surface area contributed by atoms with Crippen molar-refractivity contribution in [3.8, 4) is 0 Å². The first kappa shape index (κ1) is 17.2. The minimum Gasteiger partial charge on any atom is -0.444 e. The average Bonchev–Trinajstić information content (AvgIpc) is 2.40. The standard InChI is InChI=1S/C16H24N4O3/c1-10-5-11(7-17)14(6-13(10)19-22)18-12-8-20(9-12)15(21)23-16(2,3)4/h5-7,12,17-19,22H,8-9H2,1-4H3/p+1. The Labute approximate surface area is 136 Å². The average molecular weight is 321 g/mol. The Hall–Kier alpha value is -2.12. The van der Waals surface area contributed by atoms with Crippen molar-refractivity contribution in [3.05, 3.63) is 23.3 Å². The second-order valence-corrected chi connectivity index (χ2v) is 6.80. The number of carbonyl (C=O) groups is 1. The molecule has 1 aliphatic heterocycles. The highest BCUT2D eigenvalue weighted by atomic mass is 16.6. The number of amides is 1. The molecule has 2 rings (SSSR count). The molecule has 1 saturated heterocycles. The number of nitrogens with zero attached hydrogens (tertiary/aromatic N) is 1. The number of ether oxygens (including phenoxy) is 1. The molecule has 7 heteroatoms. The van der Waals surface area contributed by atoms with Crippen molar-refractivity contribution in [2.75, 3.05) is 18.4 Å². The summed E-state index contributed by atoms with van der Waals surface area (Å²) in [5, 5.41) is 20.1. The number of hydrogen-bond acceptors (Lipinski definition) is 5. The number of benzene rings is 1. The van der Waals surface area contributed by atoms with E-state index in [1.165, 1.54) is 6.21 Å². The first-order valence-corrected chi connectivity index (χ1v) is 7.60. The Kier molecular flexibility index (Phi) is 4.91. The third kappa shape index (κ3) is 4.20. The zero-order valence-electron chi connectivity index (χ0n) is 14.0. The van der Waals surface area contributed by atoms with Crippen molar-refractivity contribution < 1.29 is 20.2 Å². The molecule has 1 aliphatic rings. The summed E-state index contributed by atoms with van der Waals surface area (Å²) in [6.07, 6.45) is 0.969. The molecule has 0 saturated carbocycles. The summed E-state index contributed by atoms with van der Waals surface area (Å²) in [6.45, 7) is 8.52. The number of aryl methyl sites for hydroxylation is 1. The van der Waals surface area contributed by atoms with Crippen LogP contribution in [0.15, 0.2) is 12.1 Å². The van der Waals surface area contributed by atoms with Crippen LogP contribution in [0.2, 0.25) is 0 Å². The Morgan fingerprint density at radius 3 is 2.65 bits per heavy atom. The van der Waals surface area contributed by atoms with E-state index in [0.29, 0.717) is 18.8 Å². The number of anilines is 1. The molecular weight excluding hydrogens is 296 g/mol. The van der Waals surface area contributed by atoms with Gasteiger partial charge in [-0.1, -0.05) is 0 Å². The maximum Gasteiger partial charge on any atom is 0.410 e. The fourth-order valence-electron chi connectivity index (χ4n) is 2.40. The van der Waals surface area contributed by atoms with Gasteiger partial charge in [0.1, 0.15) is 5.60 Å². The van der Waals surface area contributed by atoms with Gasteiger partial charge in [-0.05, 0) is 33.8 Å². The minimum absolute atomic E-state index is 0.107. The molecule has 0 aromatic heterocycles. The molecule has 1 aromatic rings. The van der Waals surface area contributed by atoms with Crippen LogP contribution in [-0.2, 0) is 4.74 Å². The lowest BCUT2D eigenvalue weighted by Crippen LogP contribution is -2.74. The van der Waals surface area contributed by atoms with E-state index in [0.717, 1.165) is 22.3 Å². The second kappa shape index (κ2) is 6.55. The third-order valence-corrected chi connectivity index (χ3v) is 3.63. The third-order valence-electron chi connectivity index (χ3n) is 3.63. The van der Waals surface area contributed by atoms with E-state index in [2.05, 4.69) is 5.32 Å². The first-order valence-electron chi connectivity index (χ1n) is 7.60. The molecule has 0 radical (unpaired) electrons. The molecule has 1 fully saturated rings. The molecule has 126 valence electrons.